The lowest BCUT2D eigenvalue weighted by molar-refractivity contribution is 0.121. The van der Waals surface area contributed by atoms with Gasteiger partial charge >= 0.3 is 0 Å². The van der Waals surface area contributed by atoms with Gasteiger partial charge < -0.3 is 19.1 Å². The molecule has 2 aromatic rings. The van der Waals surface area contributed by atoms with Crippen LogP contribution in [0.15, 0.2) is 18.2 Å². The van der Waals surface area contributed by atoms with Gasteiger partial charge in [-0.15, -0.1) is 5.10 Å². The summed E-state index contributed by atoms with van der Waals surface area (Å²) in [5.74, 6) is 3.10. The summed E-state index contributed by atoms with van der Waals surface area (Å²) in [6, 6.07) is 5.81. The minimum Gasteiger partial charge on any atom is -0.486 e. The quantitative estimate of drug-likeness (QED) is 0.827. The van der Waals surface area contributed by atoms with Gasteiger partial charge in [-0.2, -0.15) is 4.98 Å². The highest BCUT2D eigenvalue weighted by Gasteiger charge is 2.19. The number of hydrogen-bond acceptors (Lipinski definition) is 6. The van der Waals surface area contributed by atoms with Gasteiger partial charge in [0.05, 0.1) is 13.2 Å². The first-order valence-corrected chi connectivity index (χ1v) is 7.45. The Morgan fingerprint density at radius 3 is 2.59 bits per heavy atom. The van der Waals surface area contributed by atoms with Crippen LogP contribution in [0, 0.1) is 0 Å². The molecule has 0 unspecified atom stereocenters. The summed E-state index contributed by atoms with van der Waals surface area (Å²) in [5, 5.41) is 4.53. The predicted molar refractivity (Wildman–Crippen MR) is 80.5 cm³/mol. The summed E-state index contributed by atoms with van der Waals surface area (Å²) >= 11 is 0. The summed E-state index contributed by atoms with van der Waals surface area (Å²) in [6.45, 7) is 4.30. The van der Waals surface area contributed by atoms with Gasteiger partial charge in [0, 0.05) is 25.7 Å². The van der Waals surface area contributed by atoms with E-state index in [0.29, 0.717) is 19.0 Å². The Balaban J connectivity index is 1.65. The maximum Gasteiger partial charge on any atom is 0.224 e. The van der Waals surface area contributed by atoms with Gasteiger partial charge in [0.2, 0.25) is 5.95 Å². The minimum absolute atomic E-state index is 0.575. The van der Waals surface area contributed by atoms with Crippen molar-refractivity contribution in [3.63, 3.8) is 0 Å². The van der Waals surface area contributed by atoms with Crippen LogP contribution in [0.2, 0.25) is 0 Å². The van der Waals surface area contributed by atoms with Gasteiger partial charge in [0.15, 0.2) is 17.3 Å². The molecule has 0 N–H and O–H groups in total. The Morgan fingerprint density at radius 1 is 1.00 bits per heavy atom. The fraction of sp³-hybridized carbons (Fsp3) is 0.467. The molecule has 4 rings (SSSR count). The Hall–Kier alpha value is -2.28. The van der Waals surface area contributed by atoms with Crippen LogP contribution in [-0.2, 0) is 11.8 Å². The van der Waals surface area contributed by atoms with Crippen molar-refractivity contribution in [3.8, 4) is 22.9 Å². The molecule has 116 valence electrons. The highest BCUT2D eigenvalue weighted by atomic mass is 16.6. The lowest BCUT2D eigenvalue weighted by Crippen LogP contribution is -2.37. The van der Waals surface area contributed by atoms with Crippen molar-refractivity contribution in [2.75, 3.05) is 44.4 Å². The van der Waals surface area contributed by atoms with Gasteiger partial charge in [0.1, 0.15) is 13.2 Å². The SMILES string of the molecule is Cn1nc(-c2ccc3c(c2)OCCO3)nc1N1CCOCC1. The molecule has 2 aliphatic heterocycles. The normalized spacial score (nSPS) is 17.6. The van der Waals surface area contributed by atoms with Crippen molar-refractivity contribution in [1.82, 2.24) is 14.8 Å². The summed E-state index contributed by atoms with van der Waals surface area (Å²) in [4.78, 5) is 6.87. The molecule has 0 atom stereocenters. The number of ether oxygens (including phenoxy) is 3. The number of benzene rings is 1. The van der Waals surface area contributed by atoms with E-state index in [-0.39, 0.29) is 0 Å². The summed E-state index contributed by atoms with van der Waals surface area (Å²) in [7, 11) is 1.92. The van der Waals surface area contributed by atoms with Gasteiger partial charge in [-0.05, 0) is 18.2 Å². The fourth-order valence-corrected chi connectivity index (χ4v) is 2.72. The van der Waals surface area contributed by atoms with E-state index in [9.17, 15) is 0 Å². The number of nitrogens with zero attached hydrogens (tertiary/aromatic N) is 4. The molecule has 0 bridgehead atoms. The predicted octanol–water partition coefficient (Wildman–Crippen LogP) is 1.09. The van der Waals surface area contributed by atoms with Crippen LogP contribution >= 0.6 is 0 Å². The van der Waals surface area contributed by atoms with E-state index in [4.69, 9.17) is 14.2 Å². The zero-order valence-electron chi connectivity index (χ0n) is 12.5. The Labute approximate surface area is 128 Å². The second kappa shape index (κ2) is 5.49. The van der Waals surface area contributed by atoms with Crippen molar-refractivity contribution in [2.45, 2.75) is 0 Å². The molecule has 1 fully saturated rings. The van der Waals surface area contributed by atoms with Crippen LogP contribution in [-0.4, -0.2) is 54.3 Å². The summed E-state index contributed by atoms with van der Waals surface area (Å²) in [6.07, 6.45) is 0. The average Bonchev–Trinajstić information content (AvgIpc) is 2.97. The molecule has 0 amide bonds. The molecule has 0 aliphatic carbocycles. The fourth-order valence-electron chi connectivity index (χ4n) is 2.72. The van der Waals surface area contributed by atoms with Gasteiger partial charge in [0.25, 0.3) is 0 Å². The minimum atomic E-state index is 0.575. The van der Waals surface area contributed by atoms with Crippen molar-refractivity contribution >= 4 is 5.95 Å². The van der Waals surface area contributed by atoms with E-state index >= 15 is 0 Å². The average molecular weight is 302 g/mol. The third-order valence-electron chi connectivity index (χ3n) is 3.83. The number of aromatic nitrogens is 3. The molecular weight excluding hydrogens is 284 g/mol. The van der Waals surface area contributed by atoms with Crippen LogP contribution in [0.3, 0.4) is 0 Å². The van der Waals surface area contributed by atoms with E-state index in [1.165, 1.54) is 0 Å². The Bertz CT molecular complexity index is 679. The second-order valence-corrected chi connectivity index (χ2v) is 5.32. The zero-order chi connectivity index (χ0) is 14.9. The van der Waals surface area contributed by atoms with Crippen LogP contribution in [0.1, 0.15) is 0 Å². The molecule has 3 heterocycles. The number of fused-ring (bicyclic) bond motifs is 1. The lowest BCUT2D eigenvalue weighted by Gasteiger charge is -2.26. The van der Waals surface area contributed by atoms with Crippen molar-refractivity contribution in [2.24, 2.45) is 7.05 Å². The smallest absolute Gasteiger partial charge is 0.224 e. The molecule has 7 heteroatoms. The molecule has 0 saturated carbocycles. The van der Waals surface area contributed by atoms with Crippen LogP contribution in [0.4, 0.5) is 5.95 Å². The van der Waals surface area contributed by atoms with E-state index in [0.717, 1.165) is 49.3 Å². The Morgan fingerprint density at radius 2 is 1.77 bits per heavy atom. The molecule has 7 nitrogen and oxygen atoms in total. The number of rotatable bonds is 2. The van der Waals surface area contributed by atoms with Crippen LogP contribution < -0.4 is 14.4 Å². The summed E-state index contributed by atoms with van der Waals surface area (Å²) < 4.78 is 18.4. The summed E-state index contributed by atoms with van der Waals surface area (Å²) in [5.41, 5.74) is 0.930. The maximum absolute atomic E-state index is 5.62. The molecule has 1 aromatic carbocycles. The first-order chi connectivity index (χ1) is 10.8. The maximum atomic E-state index is 5.62. The number of morpholine rings is 1. The third kappa shape index (κ3) is 2.37. The number of aryl methyl sites for hydroxylation is 1. The highest BCUT2D eigenvalue weighted by Crippen LogP contribution is 2.34. The lowest BCUT2D eigenvalue weighted by atomic mass is 10.2. The topological polar surface area (TPSA) is 61.6 Å². The number of anilines is 1. The number of hydrogen-bond donors (Lipinski definition) is 0. The standard InChI is InChI=1S/C15H18N4O3/c1-18-15(19-4-6-20-7-5-19)16-14(17-18)11-2-3-12-13(10-11)22-9-8-21-12/h2-3,10H,4-9H2,1H3. The molecule has 1 aromatic heterocycles. The van der Waals surface area contributed by atoms with Crippen molar-refractivity contribution in [3.05, 3.63) is 18.2 Å². The molecule has 22 heavy (non-hydrogen) atoms. The molecule has 2 aliphatic rings. The molecule has 0 spiro atoms. The Kier molecular flexibility index (Phi) is 3.34. The van der Waals surface area contributed by atoms with Crippen LogP contribution in [0.5, 0.6) is 11.5 Å². The van der Waals surface area contributed by atoms with Crippen molar-refractivity contribution < 1.29 is 14.2 Å². The third-order valence-corrected chi connectivity index (χ3v) is 3.83. The molecule has 1 saturated heterocycles. The zero-order valence-corrected chi connectivity index (χ0v) is 12.5. The highest BCUT2D eigenvalue weighted by molar-refractivity contribution is 5.62. The molecular formula is C15H18N4O3. The van der Waals surface area contributed by atoms with E-state index in [1.807, 2.05) is 29.9 Å². The first kappa shape index (κ1) is 13.4. The van der Waals surface area contributed by atoms with E-state index in [2.05, 4.69) is 15.0 Å². The van der Waals surface area contributed by atoms with Crippen LogP contribution in [0.25, 0.3) is 11.4 Å². The van der Waals surface area contributed by atoms with E-state index < -0.39 is 0 Å². The molecule has 0 radical (unpaired) electrons. The largest absolute Gasteiger partial charge is 0.486 e. The first-order valence-electron chi connectivity index (χ1n) is 7.45. The van der Waals surface area contributed by atoms with Gasteiger partial charge in [-0.1, -0.05) is 0 Å². The van der Waals surface area contributed by atoms with E-state index in [1.54, 1.807) is 0 Å². The van der Waals surface area contributed by atoms with Crippen molar-refractivity contribution in [1.29, 1.82) is 0 Å². The van der Waals surface area contributed by atoms with Gasteiger partial charge in [-0.3, -0.25) is 0 Å². The monoisotopic (exact) mass is 302 g/mol. The van der Waals surface area contributed by atoms with Gasteiger partial charge in [-0.25, -0.2) is 4.68 Å². The second-order valence-electron chi connectivity index (χ2n) is 5.32.